The molecule has 0 aliphatic heterocycles. The van der Waals surface area contributed by atoms with Crippen molar-refractivity contribution in [2.75, 3.05) is 0 Å². The maximum Gasteiger partial charge on any atom is 0.327 e. The van der Waals surface area contributed by atoms with Crippen LogP contribution >= 0.6 is 0 Å². The van der Waals surface area contributed by atoms with Crippen LogP contribution in [0.1, 0.15) is 66.2 Å². The van der Waals surface area contributed by atoms with Crippen molar-refractivity contribution in [3.8, 4) is 0 Å². The molecular formula is C20H30O5. The lowest BCUT2D eigenvalue weighted by Gasteiger charge is -2.31. The predicted octanol–water partition coefficient (Wildman–Crippen LogP) is 3.96. The molecule has 0 aromatic heterocycles. The molecule has 2 unspecified atom stereocenters. The lowest BCUT2D eigenvalue weighted by atomic mass is 9.75. The van der Waals surface area contributed by atoms with Gasteiger partial charge in [-0.2, -0.15) is 0 Å². The average molecular weight is 350 g/mol. The zero-order valence-electron chi connectivity index (χ0n) is 15.9. The highest BCUT2D eigenvalue weighted by Gasteiger charge is 2.49. The lowest BCUT2D eigenvalue weighted by Crippen LogP contribution is -2.45. The monoisotopic (exact) mass is 350 g/mol. The topological polar surface area (TPSA) is 77.5 Å². The fraction of sp³-hybridized carbons (Fsp3) is 0.600. The molecule has 0 amide bonds. The van der Waals surface area contributed by atoms with E-state index >= 15 is 0 Å². The molecule has 0 bridgehead atoms. The van der Waals surface area contributed by atoms with Crippen LogP contribution in [0.5, 0.6) is 0 Å². The highest BCUT2D eigenvalue weighted by atomic mass is 16.6. The van der Waals surface area contributed by atoms with Gasteiger partial charge in [-0.05, 0) is 37.8 Å². The largest absolute Gasteiger partial charge is 0.392 e. The van der Waals surface area contributed by atoms with Gasteiger partial charge in [-0.25, -0.2) is 0 Å². The van der Waals surface area contributed by atoms with E-state index in [1.165, 1.54) is 0 Å². The van der Waals surface area contributed by atoms with Gasteiger partial charge in [0.2, 0.25) is 0 Å². The van der Waals surface area contributed by atoms with Gasteiger partial charge in [0.25, 0.3) is 0 Å². The smallest absolute Gasteiger partial charge is 0.327 e. The van der Waals surface area contributed by atoms with Crippen LogP contribution in [-0.2, 0) is 23.9 Å². The Morgan fingerprint density at radius 2 is 1.08 bits per heavy atom. The van der Waals surface area contributed by atoms with Gasteiger partial charge in [0, 0.05) is 0 Å². The van der Waals surface area contributed by atoms with Crippen molar-refractivity contribution in [3.63, 3.8) is 0 Å². The number of rotatable bonds is 12. The second kappa shape index (κ2) is 10.1. The normalized spacial score (nSPS) is 15.4. The molecule has 0 aliphatic rings. The molecular weight excluding hydrogens is 320 g/mol. The van der Waals surface area contributed by atoms with Crippen molar-refractivity contribution in [2.24, 2.45) is 10.8 Å². The summed E-state index contributed by atoms with van der Waals surface area (Å²) in [6.45, 7) is 13.9. The van der Waals surface area contributed by atoms with Crippen LogP contribution in [0, 0.1) is 10.8 Å². The summed E-state index contributed by atoms with van der Waals surface area (Å²) in [4.78, 5) is 50.1. The van der Waals surface area contributed by atoms with Crippen LogP contribution < -0.4 is 0 Å². The molecule has 5 nitrogen and oxygen atoms in total. The summed E-state index contributed by atoms with van der Waals surface area (Å²) in [5.74, 6) is -2.75. The van der Waals surface area contributed by atoms with Crippen molar-refractivity contribution in [2.45, 2.75) is 66.2 Å². The van der Waals surface area contributed by atoms with E-state index in [4.69, 9.17) is 4.74 Å². The molecule has 140 valence electrons. The van der Waals surface area contributed by atoms with Crippen LogP contribution in [0.4, 0.5) is 0 Å². The Labute approximate surface area is 150 Å². The molecule has 0 spiro atoms. The number of carbonyl (C=O) groups is 4. The SMILES string of the molecule is C=CC(=O)C(CC)(CCC)C(=O)OC(=O)C(CC)(CCC)C(=O)C=C. The van der Waals surface area contributed by atoms with E-state index in [1.807, 2.05) is 13.8 Å². The van der Waals surface area contributed by atoms with E-state index in [0.717, 1.165) is 12.2 Å². The van der Waals surface area contributed by atoms with Gasteiger partial charge in [-0.1, -0.05) is 53.7 Å². The summed E-state index contributed by atoms with van der Waals surface area (Å²) in [6.07, 6.45) is 4.19. The zero-order valence-corrected chi connectivity index (χ0v) is 15.9. The Bertz CT molecular complexity index is 500. The first-order valence-electron chi connectivity index (χ1n) is 8.86. The highest BCUT2D eigenvalue weighted by molar-refractivity contribution is 6.15. The quantitative estimate of drug-likeness (QED) is 0.302. The third-order valence-electron chi connectivity index (χ3n) is 4.84. The molecule has 25 heavy (non-hydrogen) atoms. The molecule has 0 aliphatic carbocycles. The number of ether oxygens (including phenoxy) is 1. The fourth-order valence-corrected chi connectivity index (χ4v) is 3.17. The third kappa shape index (κ3) is 4.53. The van der Waals surface area contributed by atoms with E-state index in [9.17, 15) is 19.2 Å². The van der Waals surface area contributed by atoms with Crippen molar-refractivity contribution < 1.29 is 23.9 Å². The summed E-state index contributed by atoms with van der Waals surface area (Å²) in [5, 5.41) is 0. The number of carbonyl (C=O) groups excluding carboxylic acids is 4. The van der Waals surface area contributed by atoms with Gasteiger partial charge in [0.1, 0.15) is 10.8 Å². The van der Waals surface area contributed by atoms with Crippen LogP contribution in [0.2, 0.25) is 0 Å². The second-order valence-electron chi connectivity index (χ2n) is 6.19. The summed E-state index contributed by atoms with van der Waals surface area (Å²) < 4.78 is 5.10. The van der Waals surface area contributed by atoms with Gasteiger partial charge in [0.05, 0.1) is 0 Å². The standard InChI is InChI=1S/C20H30O5/c1-7-13-19(11-5,15(21)9-3)17(23)25-18(24)20(12-6,14-8-2)16(22)10-4/h9-10H,3-4,7-8,11-14H2,1-2,5-6H3. The number of hydrogen-bond acceptors (Lipinski definition) is 5. The summed E-state index contributed by atoms with van der Waals surface area (Å²) in [6, 6.07) is 0. The molecule has 5 heteroatoms. The van der Waals surface area contributed by atoms with Gasteiger partial charge < -0.3 is 4.74 Å². The van der Waals surface area contributed by atoms with E-state index < -0.39 is 34.3 Å². The number of ketones is 2. The van der Waals surface area contributed by atoms with Gasteiger partial charge >= 0.3 is 11.9 Å². The van der Waals surface area contributed by atoms with Gasteiger partial charge in [-0.3, -0.25) is 19.2 Å². The first-order valence-corrected chi connectivity index (χ1v) is 8.86. The lowest BCUT2D eigenvalue weighted by molar-refractivity contribution is -0.176. The van der Waals surface area contributed by atoms with Crippen LogP contribution in [0.25, 0.3) is 0 Å². The zero-order chi connectivity index (χ0) is 19.7. The van der Waals surface area contributed by atoms with Crippen molar-refractivity contribution >= 4 is 23.5 Å². The number of allylic oxidation sites excluding steroid dienone is 2. The minimum Gasteiger partial charge on any atom is -0.392 e. The number of esters is 2. The maximum atomic E-state index is 12.7. The van der Waals surface area contributed by atoms with Gasteiger partial charge in [-0.15, -0.1) is 0 Å². The number of hydrogen-bond donors (Lipinski definition) is 0. The molecule has 0 aromatic carbocycles. The van der Waals surface area contributed by atoms with Crippen LogP contribution in [-0.4, -0.2) is 23.5 Å². The molecule has 0 fully saturated rings. The average Bonchev–Trinajstić information content (AvgIpc) is 2.62. The Morgan fingerprint density at radius 1 is 0.760 bits per heavy atom. The molecule has 0 saturated heterocycles. The molecule has 0 aromatic rings. The highest BCUT2D eigenvalue weighted by Crippen LogP contribution is 2.36. The summed E-state index contributed by atoms with van der Waals surface area (Å²) >= 11 is 0. The summed E-state index contributed by atoms with van der Waals surface area (Å²) in [7, 11) is 0. The minimum atomic E-state index is -1.44. The van der Waals surface area contributed by atoms with Gasteiger partial charge in [0.15, 0.2) is 11.6 Å². The van der Waals surface area contributed by atoms with Crippen molar-refractivity contribution in [1.29, 1.82) is 0 Å². The van der Waals surface area contributed by atoms with Crippen molar-refractivity contribution in [3.05, 3.63) is 25.3 Å². The van der Waals surface area contributed by atoms with Crippen LogP contribution in [0.15, 0.2) is 25.3 Å². The Hall–Kier alpha value is -2.04. The molecule has 0 rings (SSSR count). The third-order valence-corrected chi connectivity index (χ3v) is 4.84. The first kappa shape index (κ1) is 23.0. The Kier molecular flexibility index (Phi) is 9.24. The predicted molar refractivity (Wildman–Crippen MR) is 96.8 cm³/mol. The minimum absolute atomic E-state index is 0.195. The fourth-order valence-electron chi connectivity index (χ4n) is 3.17. The molecule has 2 atom stereocenters. The van der Waals surface area contributed by atoms with E-state index in [1.54, 1.807) is 13.8 Å². The Balaban J connectivity index is 5.83. The van der Waals surface area contributed by atoms with E-state index in [0.29, 0.717) is 12.8 Å². The van der Waals surface area contributed by atoms with E-state index in [2.05, 4.69) is 13.2 Å². The van der Waals surface area contributed by atoms with Crippen molar-refractivity contribution in [1.82, 2.24) is 0 Å². The molecule has 0 saturated carbocycles. The first-order chi connectivity index (χ1) is 11.8. The van der Waals surface area contributed by atoms with Crippen LogP contribution in [0.3, 0.4) is 0 Å². The maximum absolute atomic E-state index is 12.7. The molecule has 0 N–H and O–H groups in total. The Morgan fingerprint density at radius 3 is 1.28 bits per heavy atom. The molecule has 0 heterocycles. The summed E-state index contributed by atoms with van der Waals surface area (Å²) in [5.41, 5.74) is -2.87. The molecule has 0 radical (unpaired) electrons. The van der Waals surface area contributed by atoms with E-state index in [-0.39, 0.29) is 25.7 Å². The second-order valence-corrected chi connectivity index (χ2v) is 6.19.